The van der Waals surface area contributed by atoms with Crippen molar-refractivity contribution >= 4 is 23.5 Å². The predicted octanol–water partition coefficient (Wildman–Crippen LogP) is 1.32. The fourth-order valence-electron chi connectivity index (χ4n) is 1.13. The Morgan fingerprint density at radius 1 is 1.62 bits per heavy atom. The van der Waals surface area contributed by atoms with Crippen LogP contribution in [0.25, 0.3) is 0 Å². The Morgan fingerprint density at radius 3 is 2.77 bits per heavy atom. The maximum Gasteiger partial charge on any atom is 0.264 e. The molecule has 1 saturated heterocycles. The Bertz CT molecular complexity index is 366. The van der Waals surface area contributed by atoms with E-state index in [2.05, 4.69) is 0 Å². The van der Waals surface area contributed by atoms with E-state index >= 15 is 0 Å². The Morgan fingerprint density at radius 2 is 2.31 bits per heavy atom. The van der Waals surface area contributed by atoms with Gasteiger partial charge in [-0.1, -0.05) is 0 Å². The molecule has 0 aromatic carbocycles. The molecule has 1 amide bonds. The van der Waals surface area contributed by atoms with E-state index in [0.29, 0.717) is 9.75 Å². The van der Waals surface area contributed by atoms with Crippen LogP contribution >= 0.6 is 11.3 Å². The van der Waals surface area contributed by atoms with Crippen molar-refractivity contribution in [1.29, 1.82) is 0 Å². The summed E-state index contributed by atoms with van der Waals surface area (Å²) in [6.45, 7) is 3.55. The Kier molecular flexibility index (Phi) is 1.92. The highest BCUT2D eigenvalue weighted by atomic mass is 32.1. The minimum absolute atomic E-state index is 0.0567. The predicted molar refractivity (Wildman–Crippen MR) is 50.3 cm³/mol. The molecule has 0 bridgehead atoms. The van der Waals surface area contributed by atoms with E-state index in [1.165, 1.54) is 11.3 Å². The standard InChI is InChI=1S/C9H9NO2S/c1-6-4-7(13-8(6)5-11)9(12)10-2-3-10/h4-5H,2-3H2,1H3. The summed E-state index contributed by atoms with van der Waals surface area (Å²) < 4.78 is 0. The van der Waals surface area contributed by atoms with Crippen molar-refractivity contribution in [2.75, 3.05) is 13.1 Å². The second-order valence-corrected chi connectivity index (χ2v) is 4.15. The molecular formula is C9H9NO2S. The van der Waals surface area contributed by atoms with E-state index in [-0.39, 0.29) is 5.91 Å². The van der Waals surface area contributed by atoms with Crippen LogP contribution in [0.1, 0.15) is 24.9 Å². The molecule has 1 aromatic rings. The van der Waals surface area contributed by atoms with Crippen molar-refractivity contribution in [3.63, 3.8) is 0 Å². The third kappa shape index (κ3) is 1.49. The van der Waals surface area contributed by atoms with Gasteiger partial charge in [0.1, 0.15) is 0 Å². The molecule has 1 aromatic heterocycles. The third-order valence-electron chi connectivity index (χ3n) is 2.01. The molecule has 1 aliphatic rings. The first-order valence-corrected chi connectivity index (χ1v) is 4.89. The van der Waals surface area contributed by atoms with E-state index in [0.717, 1.165) is 24.9 Å². The highest BCUT2D eigenvalue weighted by Gasteiger charge is 2.26. The van der Waals surface area contributed by atoms with Crippen LogP contribution in [0.5, 0.6) is 0 Å². The molecule has 0 saturated carbocycles. The van der Waals surface area contributed by atoms with Crippen LogP contribution in [0.3, 0.4) is 0 Å². The van der Waals surface area contributed by atoms with Crippen molar-refractivity contribution in [1.82, 2.24) is 4.90 Å². The van der Waals surface area contributed by atoms with Gasteiger partial charge in [-0.3, -0.25) is 9.59 Å². The van der Waals surface area contributed by atoms with Crippen LogP contribution < -0.4 is 0 Å². The molecule has 3 nitrogen and oxygen atoms in total. The number of thiophene rings is 1. The molecule has 1 aliphatic heterocycles. The molecule has 13 heavy (non-hydrogen) atoms. The minimum atomic E-state index is 0.0567. The van der Waals surface area contributed by atoms with Gasteiger partial charge in [-0.25, -0.2) is 0 Å². The number of aldehydes is 1. The summed E-state index contributed by atoms with van der Waals surface area (Å²) >= 11 is 1.28. The first-order chi connectivity index (χ1) is 6.22. The molecule has 4 heteroatoms. The van der Waals surface area contributed by atoms with Gasteiger partial charge in [0, 0.05) is 13.1 Å². The topological polar surface area (TPSA) is 37.1 Å². The van der Waals surface area contributed by atoms with Gasteiger partial charge in [0.2, 0.25) is 0 Å². The number of rotatable bonds is 2. The Labute approximate surface area is 80.0 Å². The van der Waals surface area contributed by atoms with Gasteiger partial charge < -0.3 is 4.90 Å². The van der Waals surface area contributed by atoms with Crippen molar-refractivity contribution in [2.45, 2.75) is 6.92 Å². The van der Waals surface area contributed by atoms with Gasteiger partial charge in [0.15, 0.2) is 6.29 Å². The molecule has 0 N–H and O–H groups in total. The summed E-state index contributed by atoms with van der Waals surface area (Å²) in [5.74, 6) is 0.0567. The molecule has 1 fully saturated rings. The third-order valence-corrected chi connectivity index (χ3v) is 3.16. The highest BCUT2D eigenvalue weighted by Crippen LogP contribution is 2.23. The summed E-state index contributed by atoms with van der Waals surface area (Å²) in [5, 5.41) is 0. The van der Waals surface area contributed by atoms with Crippen LogP contribution in [0.2, 0.25) is 0 Å². The summed E-state index contributed by atoms with van der Waals surface area (Å²) in [6, 6.07) is 1.79. The highest BCUT2D eigenvalue weighted by molar-refractivity contribution is 7.15. The molecule has 0 atom stereocenters. The maximum atomic E-state index is 11.5. The van der Waals surface area contributed by atoms with Crippen LogP contribution in [0.15, 0.2) is 6.07 Å². The Hall–Kier alpha value is -1.16. The van der Waals surface area contributed by atoms with Crippen LogP contribution in [-0.4, -0.2) is 30.2 Å². The van der Waals surface area contributed by atoms with Crippen LogP contribution in [0.4, 0.5) is 0 Å². The first-order valence-electron chi connectivity index (χ1n) is 4.07. The summed E-state index contributed by atoms with van der Waals surface area (Å²) in [5.41, 5.74) is 0.894. The van der Waals surface area contributed by atoms with Crippen molar-refractivity contribution in [2.24, 2.45) is 0 Å². The lowest BCUT2D eigenvalue weighted by molar-refractivity contribution is 0.0889. The monoisotopic (exact) mass is 195 g/mol. The summed E-state index contributed by atoms with van der Waals surface area (Å²) in [6.07, 6.45) is 0.805. The fourth-order valence-corrected chi connectivity index (χ4v) is 2.08. The van der Waals surface area contributed by atoms with E-state index < -0.39 is 0 Å². The minimum Gasteiger partial charge on any atom is -0.334 e. The van der Waals surface area contributed by atoms with Gasteiger partial charge in [-0.05, 0) is 18.6 Å². The van der Waals surface area contributed by atoms with E-state index in [1.54, 1.807) is 11.0 Å². The second kappa shape index (κ2) is 2.96. The number of amides is 1. The largest absolute Gasteiger partial charge is 0.334 e. The zero-order valence-corrected chi connectivity index (χ0v) is 8.06. The first kappa shape index (κ1) is 8.44. The zero-order chi connectivity index (χ0) is 9.42. The SMILES string of the molecule is Cc1cc(C(=O)N2CC2)sc1C=O. The average molecular weight is 195 g/mol. The molecule has 0 spiro atoms. The van der Waals surface area contributed by atoms with Crippen molar-refractivity contribution in [3.8, 4) is 0 Å². The van der Waals surface area contributed by atoms with Gasteiger partial charge in [-0.15, -0.1) is 11.3 Å². The normalized spacial score (nSPS) is 14.4. The van der Waals surface area contributed by atoms with Crippen molar-refractivity contribution in [3.05, 3.63) is 21.4 Å². The Balaban J connectivity index is 2.29. The van der Waals surface area contributed by atoms with Gasteiger partial charge in [-0.2, -0.15) is 0 Å². The fraction of sp³-hybridized carbons (Fsp3) is 0.333. The van der Waals surface area contributed by atoms with Gasteiger partial charge in [0.25, 0.3) is 5.91 Å². The van der Waals surface area contributed by atoms with Gasteiger partial charge in [0.05, 0.1) is 9.75 Å². The number of carbonyl (C=O) groups is 2. The molecule has 0 aliphatic carbocycles. The summed E-state index contributed by atoms with van der Waals surface area (Å²) in [7, 11) is 0. The van der Waals surface area contributed by atoms with E-state index in [4.69, 9.17) is 0 Å². The number of aryl methyl sites for hydroxylation is 1. The second-order valence-electron chi connectivity index (χ2n) is 3.07. The molecular weight excluding hydrogens is 186 g/mol. The van der Waals surface area contributed by atoms with E-state index in [9.17, 15) is 9.59 Å². The molecule has 2 rings (SSSR count). The van der Waals surface area contributed by atoms with Crippen molar-refractivity contribution < 1.29 is 9.59 Å². The molecule has 0 unspecified atom stereocenters. The molecule has 2 heterocycles. The number of hydrogen-bond donors (Lipinski definition) is 0. The average Bonchev–Trinajstić information content (AvgIpc) is 2.89. The quantitative estimate of drug-likeness (QED) is 0.527. The smallest absolute Gasteiger partial charge is 0.264 e. The zero-order valence-electron chi connectivity index (χ0n) is 7.24. The maximum absolute atomic E-state index is 11.5. The van der Waals surface area contributed by atoms with E-state index in [1.807, 2.05) is 6.92 Å². The van der Waals surface area contributed by atoms with Crippen LogP contribution in [0, 0.1) is 6.92 Å². The molecule has 0 radical (unpaired) electrons. The molecule has 68 valence electrons. The lowest BCUT2D eigenvalue weighted by atomic mass is 10.3. The number of hydrogen-bond acceptors (Lipinski definition) is 3. The number of nitrogens with zero attached hydrogens (tertiary/aromatic N) is 1. The summed E-state index contributed by atoms with van der Waals surface area (Å²) in [4.78, 5) is 25.1. The van der Waals surface area contributed by atoms with Crippen LogP contribution in [-0.2, 0) is 0 Å². The van der Waals surface area contributed by atoms with Gasteiger partial charge >= 0.3 is 0 Å². The number of carbonyl (C=O) groups excluding carboxylic acids is 2. The lowest BCUT2D eigenvalue weighted by Gasteiger charge is -1.94. The lowest BCUT2D eigenvalue weighted by Crippen LogP contribution is -2.07.